The number of aryl methyl sites for hydroxylation is 1. The number of nitrogens with two attached hydrogens (primary N) is 1. The van der Waals surface area contributed by atoms with Crippen molar-refractivity contribution >= 4 is 33.9 Å². The molecule has 0 aliphatic carbocycles. The lowest BCUT2D eigenvalue weighted by Gasteiger charge is -2.30. The Morgan fingerprint density at radius 1 is 1.38 bits per heavy atom. The zero-order valence-electron chi connectivity index (χ0n) is 15.3. The van der Waals surface area contributed by atoms with E-state index in [0.717, 1.165) is 22.4 Å². The molecule has 0 saturated heterocycles. The molecule has 26 heavy (non-hydrogen) atoms. The Morgan fingerprint density at radius 3 is 2.77 bits per heavy atom. The number of anilines is 2. The smallest absolute Gasteiger partial charge is 0.341 e. The zero-order valence-corrected chi connectivity index (χ0v) is 16.1. The van der Waals surface area contributed by atoms with E-state index in [1.807, 2.05) is 25.1 Å². The summed E-state index contributed by atoms with van der Waals surface area (Å²) in [5.41, 5.74) is 8.78. The molecule has 0 saturated carbocycles. The lowest BCUT2D eigenvalue weighted by atomic mass is 9.98. The van der Waals surface area contributed by atoms with E-state index in [1.165, 1.54) is 11.3 Å². The van der Waals surface area contributed by atoms with Gasteiger partial charge in [0.2, 0.25) is 0 Å². The fraction of sp³-hybridized carbons (Fsp3) is 0.368. The van der Waals surface area contributed by atoms with E-state index in [0.29, 0.717) is 22.0 Å². The van der Waals surface area contributed by atoms with Crippen molar-refractivity contribution in [2.45, 2.75) is 33.3 Å². The Morgan fingerprint density at radius 2 is 2.12 bits per heavy atom. The van der Waals surface area contributed by atoms with Gasteiger partial charge in [0, 0.05) is 17.5 Å². The van der Waals surface area contributed by atoms with Crippen molar-refractivity contribution in [3.8, 4) is 16.9 Å². The Labute approximate surface area is 156 Å². The highest BCUT2D eigenvalue weighted by molar-refractivity contribution is 7.17. The Hall–Kier alpha value is -2.54. The second-order valence-electron chi connectivity index (χ2n) is 6.05. The molecule has 6 nitrogen and oxygen atoms in total. The summed E-state index contributed by atoms with van der Waals surface area (Å²) < 4.78 is 10.9. The maximum Gasteiger partial charge on any atom is 0.341 e. The second-order valence-corrected chi connectivity index (χ2v) is 7.19. The van der Waals surface area contributed by atoms with Crippen LogP contribution in [0.1, 0.15) is 36.0 Å². The van der Waals surface area contributed by atoms with Gasteiger partial charge >= 0.3 is 5.97 Å². The molecule has 2 aromatic rings. The van der Waals surface area contributed by atoms with Crippen LogP contribution in [0.4, 0.5) is 10.7 Å². The minimum absolute atomic E-state index is 0.110. The van der Waals surface area contributed by atoms with E-state index in [4.69, 9.17) is 15.2 Å². The Bertz CT molecular complexity index is 875. The third kappa shape index (κ3) is 2.92. The van der Waals surface area contributed by atoms with Gasteiger partial charge in [0.1, 0.15) is 16.3 Å². The first kappa shape index (κ1) is 18.3. The second kappa shape index (κ2) is 6.99. The van der Waals surface area contributed by atoms with Gasteiger partial charge in [0.25, 0.3) is 5.91 Å². The molecule has 0 radical (unpaired) electrons. The van der Waals surface area contributed by atoms with Crippen LogP contribution >= 0.6 is 11.3 Å². The van der Waals surface area contributed by atoms with Gasteiger partial charge in [-0.2, -0.15) is 0 Å². The molecule has 1 aliphatic heterocycles. The summed E-state index contributed by atoms with van der Waals surface area (Å²) in [5.74, 6) is 0.103. The van der Waals surface area contributed by atoms with Gasteiger partial charge in [-0.15, -0.1) is 11.3 Å². The lowest BCUT2D eigenvalue weighted by molar-refractivity contribution is -0.125. The van der Waals surface area contributed by atoms with Crippen molar-refractivity contribution in [1.29, 1.82) is 0 Å². The highest BCUT2D eigenvalue weighted by Gasteiger charge is 2.30. The van der Waals surface area contributed by atoms with Gasteiger partial charge in [-0.3, -0.25) is 4.79 Å². The van der Waals surface area contributed by atoms with E-state index >= 15 is 0 Å². The molecule has 3 rings (SSSR count). The summed E-state index contributed by atoms with van der Waals surface area (Å²) in [4.78, 5) is 27.3. The highest BCUT2D eigenvalue weighted by atomic mass is 32.1. The molecule has 0 fully saturated rings. The quantitative estimate of drug-likeness (QED) is 0.829. The first-order valence-corrected chi connectivity index (χ1v) is 9.37. The molecule has 2 N–H and O–H groups in total. The van der Waals surface area contributed by atoms with Crippen LogP contribution in [0.3, 0.4) is 0 Å². The number of ether oxygens (including phenoxy) is 2. The summed E-state index contributed by atoms with van der Waals surface area (Å²) in [6, 6.07) is 5.58. The number of carbonyl (C=O) groups excluding carboxylic acids is 2. The van der Waals surface area contributed by atoms with Crippen LogP contribution in [0.5, 0.6) is 5.75 Å². The van der Waals surface area contributed by atoms with Crippen molar-refractivity contribution in [1.82, 2.24) is 0 Å². The van der Waals surface area contributed by atoms with Crippen LogP contribution in [0.2, 0.25) is 0 Å². The van der Waals surface area contributed by atoms with Gasteiger partial charge < -0.3 is 20.1 Å². The van der Waals surface area contributed by atoms with E-state index in [-0.39, 0.29) is 12.5 Å². The standard InChI is InChI=1S/C19H22N2O4S/c1-5-14-15(16(17(20)26-14)19(23)24-6-2)11-7-8-13-12(9-11)21(4)18(22)10(3)25-13/h7-10H,5-6,20H2,1-4H3. The summed E-state index contributed by atoms with van der Waals surface area (Å²) in [5, 5.41) is 0.447. The van der Waals surface area contributed by atoms with Gasteiger partial charge in [0.15, 0.2) is 6.10 Å². The topological polar surface area (TPSA) is 81.9 Å². The number of nitrogens with zero attached hydrogens (tertiary/aromatic N) is 1. The van der Waals surface area contributed by atoms with Crippen LogP contribution in [-0.2, 0) is 16.0 Å². The normalized spacial score (nSPS) is 16.2. The largest absolute Gasteiger partial charge is 0.479 e. The van der Waals surface area contributed by atoms with Gasteiger partial charge in [0.05, 0.1) is 12.3 Å². The molecule has 7 heteroatoms. The number of fused-ring (bicyclic) bond motifs is 1. The molecule has 0 bridgehead atoms. The fourth-order valence-corrected chi connectivity index (χ4v) is 4.14. The first-order valence-electron chi connectivity index (χ1n) is 8.55. The van der Waals surface area contributed by atoms with Crippen molar-refractivity contribution in [2.75, 3.05) is 24.3 Å². The molecule has 1 aromatic heterocycles. The number of carbonyl (C=O) groups is 2. The van der Waals surface area contributed by atoms with E-state index in [9.17, 15) is 9.59 Å². The predicted molar refractivity (Wildman–Crippen MR) is 103 cm³/mol. The number of likely N-dealkylation sites (N-methyl/N-ethyl adjacent to an activating group) is 1. The molecular weight excluding hydrogens is 352 g/mol. The van der Waals surface area contributed by atoms with E-state index in [1.54, 1.807) is 25.8 Å². The van der Waals surface area contributed by atoms with Gasteiger partial charge in [-0.1, -0.05) is 13.0 Å². The number of hydrogen-bond donors (Lipinski definition) is 1. The molecule has 1 unspecified atom stereocenters. The van der Waals surface area contributed by atoms with Crippen LogP contribution < -0.4 is 15.4 Å². The molecular formula is C19H22N2O4S. The summed E-state index contributed by atoms with van der Waals surface area (Å²) >= 11 is 1.39. The maximum absolute atomic E-state index is 12.5. The number of rotatable bonds is 4. The Kier molecular flexibility index (Phi) is 4.91. The van der Waals surface area contributed by atoms with Crippen LogP contribution in [0.25, 0.3) is 11.1 Å². The lowest BCUT2D eigenvalue weighted by Crippen LogP contribution is -2.41. The number of nitrogen functional groups attached to an aromatic ring is 1. The molecule has 2 heterocycles. The van der Waals surface area contributed by atoms with Crippen molar-refractivity contribution < 1.29 is 19.1 Å². The van der Waals surface area contributed by atoms with E-state index < -0.39 is 12.1 Å². The minimum Gasteiger partial charge on any atom is -0.479 e. The average Bonchev–Trinajstić information content (AvgIpc) is 2.96. The number of amides is 1. The summed E-state index contributed by atoms with van der Waals surface area (Å²) in [6.07, 6.45) is 0.222. The molecule has 1 amide bonds. The molecule has 1 atom stereocenters. The highest BCUT2D eigenvalue weighted by Crippen LogP contribution is 2.43. The third-order valence-corrected chi connectivity index (χ3v) is 5.56. The summed E-state index contributed by atoms with van der Waals surface area (Å²) in [7, 11) is 1.72. The van der Waals surface area contributed by atoms with E-state index in [2.05, 4.69) is 0 Å². The fourth-order valence-electron chi connectivity index (χ4n) is 3.12. The molecule has 0 spiro atoms. The predicted octanol–water partition coefficient (Wildman–Crippen LogP) is 3.48. The summed E-state index contributed by atoms with van der Waals surface area (Å²) in [6.45, 7) is 5.78. The number of thiophene rings is 1. The number of hydrogen-bond acceptors (Lipinski definition) is 6. The van der Waals surface area contributed by atoms with Crippen molar-refractivity contribution in [2.24, 2.45) is 0 Å². The minimum atomic E-state index is -0.517. The van der Waals surface area contributed by atoms with Gasteiger partial charge in [-0.05, 0) is 38.0 Å². The zero-order chi connectivity index (χ0) is 19.0. The van der Waals surface area contributed by atoms with Crippen LogP contribution in [-0.4, -0.2) is 31.6 Å². The van der Waals surface area contributed by atoms with Crippen molar-refractivity contribution in [3.05, 3.63) is 28.6 Å². The SMILES string of the molecule is CCOC(=O)c1c(N)sc(CC)c1-c1ccc2c(c1)N(C)C(=O)C(C)O2. The molecule has 138 valence electrons. The van der Waals surface area contributed by atoms with Crippen molar-refractivity contribution in [3.63, 3.8) is 0 Å². The number of benzene rings is 1. The van der Waals surface area contributed by atoms with Crippen LogP contribution in [0.15, 0.2) is 18.2 Å². The first-order chi connectivity index (χ1) is 12.4. The maximum atomic E-state index is 12.5. The molecule has 1 aromatic carbocycles. The molecule has 1 aliphatic rings. The Balaban J connectivity index is 2.16. The van der Waals surface area contributed by atoms with Gasteiger partial charge in [-0.25, -0.2) is 4.79 Å². The monoisotopic (exact) mass is 374 g/mol. The number of esters is 1. The average molecular weight is 374 g/mol. The van der Waals surface area contributed by atoms with Crippen LogP contribution in [0, 0.1) is 0 Å². The third-order valence-electron chi connectivity index (χ3n) is 4.40.